The fourth-order valence-electron chi connectivity index (χ4n) is 2.19. The van der Waals surface area contributed by atoms with Crippen molar-refractivity contribution in [2.75, 3.05) is 5.88 Å². The molecule has 0 saturated carbocycles. The molecule has 7 heteroatoms. The Kier molecular flexibility index (Phi) is 4.21. The van der Waals surface area contributed by atoms with E-state index in [4.69, 9.17) is 16.1 Å². The van der Waals surface area contributed by atoms with Gasteiger partial charge in [-0.15, -0.1) is 11.6 Å². The van der Waals surface area contributed by atoms with Crippen LogP contribution in [-0.2, 0) is 19.4 Å². The van der Waals surface area contributed by atoms with Crippen LogP contribution >= 0.6 is 34.2 Å². The Morgan fingerprint density at radius 2 is 2.20 bits per heavy atom. The summed E-state index contributed by atoms with van der Waals surface area (Å²) in [6, 6.07) is 6.26. The highest BCUT2D eigenvalue weighted by molar-refractivity contribution is 14.1. The molecule has 0 unspecified atom stereocenters. The molecule has 0 amide bonds. The standard InChI is InChI=1S/C13H12ClIN4O/c14-5-3-13-17-10-7-9(15)1-2-11(10)19(13)6-4-12-16-8-20-18-12/h1-2,7-8H,3-6H2. The molecule has 0 aliphatic rings. The van der Waals surface area contributed by atoms with Crippen LogP contribution in [0.4, 0.5) is 0 Å². The number of aryl methyl sites for hydroxylation is 3. The largest absolute Gasteiger partial charge is 0.343 e. The van der Waals surface area contributed by atoms with Gasteiger partial charge in [0, 0.05) is 28.8 Å². The van der Waals surface area contributed by atoms with Crippen LogP contribution in [0.15, 0.2) is 29.1 Å². The lowest BCUT2D eigenvalue weighted by Crippen LogP contribution is -2.07. The zero-order chi connectivity index (χ0) is 13.9. The summed E-state index contributed by atoms with van der Waals surface area (Å²) in [6.45, 7) is 0.767. The number of hydrogen-bond donors (Lipinski definition) is 0. The molecule has 20 heavy (non-hydrogen) atoms. The van der Waals surface area contributed by atoms with Gasteiger partial charge in [0.2, 0.25) is 6.39 Å². The molecule has 0 bridgehead atoms. The van der Waals surface area contributed by atoms with Gasteiger partial charge in [-0.25, -0.2) is 4.98 Å². The fraction of sp³-hybridized carbons (Fsp3) is 0.308. The summed E-state index contributed by atoms with van der Waals surface area (Å²) in [7, 11) is 0. The molecule has 0 aliphatic carbocycles. The van der Waals surface area contributed by atoms with Gasteiger partial charge in [0.25, 0.3) is 0 Å². The van der Waals surface area contributed by atoms with Crippen LogP contribution in [0.3, 0.4) is 0 Å². The number of alkyl halides is 1. The topological polar surface area (TPSA) is 56.7 Å². The van der Waals surface area contributed by atoms with Gasteiger partial charge in [0.15, 0.2) is 5.82 Å². The molecular weight excluding hydrogens is 391 g/mol. The summed E-state index contributed by atoms with van der Waals surface area (Å²) in [5.41, 5.74) is 2.12. The highest BCUT2D eigenvalue weighted by Crippen LogP contribution is 2.20. The van der Waals surface area contributed by atoms with Crippen LogP contribution in [0, 0.1) is 3.57 Å². The predicted molar refractivity (Wildman–Crippen MR) is 84.9 cm³/mol. The van der Waals surface area contributed by atoms with Crippen molar-refractivity contribution >= 4 is 45.2 Å². The number of fused-ring (bicyclic) bond motifs is 1. The lowest BCUT2D eigenvalue weighted by molar-refractivity contribution is 0.408. The molecule has 0 N–H and O–H groups in total. The molecule has 0 aliphatic heterocycles. The van der Waals surface area contributed by atoms with Gasteiger partial charge in [0.1, 0.15) is 5.82 Å². The summed E-state index contributed by atoms with van der Waals surface area (Å²) >= 11 is 8.16. The second kappa shape index (κ2) is 6.09. The number of aromatic nitrogens is 4. The molecule has 0 saturated heterocycles. The maximum atomic E-state index is 5.87. The van der Waals surface area contributed by atoms with Crippen molar-refractivity contribution in [1.82, 2.24) is 19.7 Å². The molecule has 5 nitrogen and oxygen atoms in total. The normalized spacial score (nSPS) is 11.3. The zero-order valence-corrected chi connectivity index (χ0v) is 13.5. The molecular formula is C13H12ClIN4O. The summed E-state index contributed by atoms with van der Waals surface area (Å²) in [5, 5.41) is 3.84. The molecule has 0 atom stereocenters. The van der Waals surface area contributed by atoms with Crippen molar-refractivity contribution < 1.29 is 4.52 Å². The lowest BCUT2D eigenvalue weighted by Gasteiger charge is -2.06. The van der Waals surface area contributed by atoms with Crippen molar-refractivity contribution in [3.05, 3.63) is 39.8 Å². The Labute approximate surface area is 134 Å². The third kappa shape index (κ3) is 2.80. The average molecular weight is 403 g/mol. The number of halogens is 2. The van der Waals surface area contributed by atoms with Gasteiger partial charge in [-0.1, -0.05) is 5.16 Å². The van der Waals surface area contributed by atoms with Crippen molar-refractivity contribution in [2.24, 2.45) is 0 Å². The van der Waals surface area contributed by atoms with Crippen LogP contribution < -0.4 is 0 Å². The molecule has 2 heterocycles. The van der Waals surface area contributed by atoms with E-state index in [-0.39, 0.29) is 0 Å². The van der Waals surface area contributed by atoms with Gasteiger partial charge in [-0.05, 0) is 40.8 Å². The van der Waals surface area contributed by atoms with Crippen molar-refractivity contribution in [3.8, 4) is 0 Å². The minimum Gasteiger partial charge on any atom is -0.343 e. The van der Waals surface area contributed by atoms with E-state index in [1.165, 1.54) is 9.96 Å². The number of nitrogens with zero attached hydrogens (tertiary/aromatic N) is 4. The first kappa shape index (κ1) is 13.8. The third-order valence-corrected chi connectivity index (χ3v) is 3.93. The monoisotopic (exact) mass is 402 g/mol. The minimum absolute atomic E-state index is 0.558. The van der Waals surface area contributed by atoms with E-state index < -0.39 is 0 Å². The summed E-state index contributed by atoms with van der Waals surface area (Å²) < 4.78 is 8.12. The Morgan fingerprint density at radius 3 is 2.95 bits per heavy atom. The van der Waals surface area contributed by atoms with E-state index in [2.05, 4.69) is 60.5 Å². The average Bonchev–Trinajstić information content (AvgIpc) is 3.04. The second-order valence-electron chi connectivity index (χ2n) is 4.35. The molecule has 1 aromatic carbocycles. The van der Waals surface area contributed by atoms with Gasteiger partial charge < -0.3 is 9.09 Å². The van der Waals surface area contributed by atoms with Gasteiger partial charge >= 0.3 is 0 Å². The first-order valence-corrected chi connectivity index (χ1v) is 7.85. The van der Waals surface area contributed by atoms with E-state index in [1.54, 1.807) is 0 Å². The maximum Gasteiger partial charge on any atom is 0.213 e. The predicted octanol–water partition coefficient (Wildman–Crippen LogP) is 3.05. The fourth-order valence-corrected chi connectivity index (χ4v) is 2.84. The smallest absolute Gasteiger partial charge is 0.213 e. The van der Waals surface area contributed by atoms with Crippen LogP contribution in [0.2, 0.25) is 0 Å². The highest BCUT2D eigenvalue weighted by Gasteiger charge is 2.11. The van der Waals surface area contributed by atoms with E-state index in [0.717, 1.165) is 29.8 Å². The van der Waals surface area contributed by atoms with Crippen molar-refractivity contribution in [1.29, 1.82) is 0 Å². The number of benzene rings is 1. The number of hydrogen-bond acceptors (Lipinski definition) is 4. The Bertz CT molecular complexity index is 711. The Hall–Kier alpha value is -1.15. The minimum atomic E-state index is 0.558. The SMILES string of the molecule is ClCCc1nc2cc(I)ccc2n1CCc1ncon1. The molecule has 3 aromatic rings. The molecule has 0 fully saturated rings. The van der Waals surface area contributed by atoms with Crippen LogP contribution in [0.25, 0.3) is 11.0 Å². The van der Waals surface area contributed by atoms with Crippen LogP contribution in [0.1, 0.15) is 11.6 Å². The quantitative estimate of drug-likeness (QED) is 0.486. The first-order valence-electron chi connectivity index (χ1n) is 6.24. The van der Waals surface area contributed by atoms with Crippen LogP contribution in [-0.4, -0.2) is 25.6 Å². The maximum absolute atomic E-state index is 5.87. The van der Waals surface area contributed by atoms with Crippen molar-refractivity contribution in [3.63, 3.8) is 0 Å². The van der Waals surface area contributed by atoms with Crippen molar-refractivity contribution in [2.45, 2.75) is 19.4 Å². The number of imidazole rings is 1. The zero-order valence-electron chi connectivity index (χ0n) is 10.6. The first-order chi connectivity index (χ1) is 9.78. The van der Waals surface area contributed by atoms with E-state index in [9.17, 15) is 0 Å². The number of rotatable bonds is 5. The third-order valence-electron chi connectivity index (χ3n) is 3.07. The second-order valence-corrected chi connectivity index (χ2v) is 5.97. The van der Waals surface area contributed by atoms with Gasteiger partial charge in [-0.3, -0.25) is 0 Å². The summed E-state index contributed by atoms with van der Waals surface area (Å²) in [4.78, 5) is 8.72. The molecule has 0 radical (unpaired) electrons. The molecule has 2 aromatic heterocycles. The molecule has 104 valence electrons. The highest BCUT2D eigenvalue weighted by atomic mass is 127. The summed E-state index contributed by atoms with van der Waals surface area (Å²) in [5.74, 6) is 2.26. The van der Waals surface area contributed by atoms with E-state index in [0.29, 0.717) is 18.1 Å². The molecule has 3 rings (SSSR count). The van der Waals surface area contributed by atoms with Gasteiger partial charge in [0.05, 0.1) is 11.0 Å². The Balaban J connectivity index is 1.95. The summed E-state index contributed by atoms with van der Waals surface area (Å²) in [6.07, 6.45) is 2.81. The van der Waals surface area contributed by atoms with Gasteiger partial charge in [-0.2, -0.15) is 4.98 Å². The van der Waals surface area contributed by atoms with E-state index in [1.807, 2.05) is 0 Å². The van der Waals surface area contributed by atoms with E-state index >= 15 is 0 Å². The lowest BCUT2D eigenvalue weighted by atomic mass is 10.3. The molecule has 0 spiro atoms. The van der Waals surface area contributed by atoms with Crippen LogP contribution in [0.5, 0.6) is 0 Å². The Morgan fingerprint density at radius 1 is 1.30 bits per heavy atom.